The van der Waals surface area contributed by atoms with E-state index in [1.165, 1.54) is 0 Å². The fourth-order valence-corrected chi connectivity index (χ4v) is 1.54. The summed E-state index contributed by atoms with van der Waals surface area (Å²) < 4.78 is 14.9. The minimum atomic E-state index is -0.478. The van der Waals surface area contributed by atoms with Gasteiger partial charge in [0.1, 0.15) is 0 Å². The molecule has 6 nitrogen and oxygen atoms in total. The Labute approximate surface area is 109 Å². The van der Waals surface area contributed by atoms with E-state index in [-0.39, 0.29) is 5.91 Å². The molecule has 0 saturated heterocycles. The molecule has 0 aliphatic carbocycles. The molecule has 0 aromatic carbocycles. The molecule has 18 heavy (non-hydrogen) atoms. The number of methoxy groups -OCH3 is 3. The first-order chi connectivity index (χ1) is 8.67. The first-order valence-corrected chi connectivity index (χ1v) is 6.18. The molecule has 0 rings (SSSR count). The number of carbonyl (C=O) groups excluding carboxylic acids is 1. The van der Waals surface area contributed by atoms with Crippen LogP contribution in [0.4, 0.5) is 0 Å². The highest BCUT2D eigenvalue weighted by Crippen LogP contribution is 2.01. The number of hydrogen-bond donors (Lipinski definition) is 1. The Bertz CT molecular complexity index is 206. The molecule has 1 amide bonds. The molecular weight excluding hydrogens is 236 g/mol. The Morgan fingerprint density at radius 1 is 1.06 bits per heavy atom. The van der Waals surface area contributed by atoms with Crippen molar-refractivity contribution in [3.05, 3.63) is 0 Å². The minimum Gasteiger partial charge on any atom is -0.385 e. The third kappa shape index (κ3) is 7.60. The minimum absolute atomic E-state index is 0.0554. The van der Waals surface area contributed by atoms with Gasteiger partial charge in [-0.25, -0.2) is 0 Å². The van der Waals surface area contributed by atoms with E-state index in [2.05, 4.69) is 0 Å². The standard InChI is InChI=1S/C12H26N2O4/c1-16-8-4-5-11(13)12(15)14(6-9-17-2)7-10-18-3/h11H,4-10,13H2,1-3H3. The van der Waals surface area contributed by atoms with Crippen LogP contribution in [0.2, 0.25) is 0 Å². The van der Waals surface area contributed by atoms with E-state index < -0.39 is 6.04 Å². The van der Waals surface area contributed by atoms with Gasteiger partial charge in [0.2, 0.25) is 5.91 Å². The maximum absolute atomic E-state index is 12.1. The molecule has 0 bridgehead atoms. The van der Waals surface area contributed by atoms with Crippen LogP contribution in [0.3, 0.4) is 0 Å². The number of hydrogen-bond acceptors (Lipinski definition) is 5. The van der Waals surface area contributed by atoms with E-state index in [1.54, 1.807) is 26.2 Å². The molecule has 0 fully saturated rings. The van der Waals surface area contributed by atoms with Gasteiger partial charge in [-0.3, -0.25) is 4.79 Å². The predicted octanol–water partition coefficient (Wildman–Crippen LogP) is -0.138. The average molecular weight is 262 g/mol. The lowest BCUT2D eigenvalue weighted by atomic mass is 10.1. The zero-order valence-electron chi connectivity index (χ0n) is 11.7. The van der Waals surface area contributed by atoms with Crippen molar-refractivity contribution in [2.75, 3.05) is 54.2 Å². The van der Waals surface area contributed by atoms with Crippen LogP contribution in [0.15, 0.2) is 0 Å². The van der Waals surface area contributed by atoms with Crippen molar-refractivity contribution in [3.8, 4) is 0 Å². The lowest BCUT2D eigenvalue weighted by Gasteiger charge is -2.25. The van der Waals surface area contributed by atoms with E-state index in [4.69, 9.17) is 19.9 Å². The van der Waals surface area contributed by atoms with Gasteiger partial charge in [0.25, 0.3) is 0 Å². The second-order valence-electron chi connectivity index (χ2n) is 4.05. The summed E-state index contributed by atoms with van der Waals surface area (Å²) in [6.45, 7) is 2.70. The van der Waals surface area contributed by atoms with E-state index in [1.807, 2.05) is 0 Å². The molecule has 108 valence electrons. The molecule has 0 aliphatic rings. The molecule has 0 aromatic heterocycles. The normalized spacial score (nSPS) is 12.4. The average Bonchev–Trinajstić information content (AvgIpc) is 2.38. The van der Waals surface area contributed by atoms with Crippen LogP contribution in [-0.4, -0.2) is 71.1 Å². The second kappa shape index (κ2) is 11.4. The largest absolute Gasteiger partial charge is 0.385 e. The summed E-state index contributed by atoms with van der Waals surface area (Å²) in [5.41, 5.74) is 5.87. The van der Waals surface area contributed by atoms with E-state index in [9.17, 15) is 4.79 Å². The van der Waals surface area contributed by atoms with Gasteiger partial charge in [-0.15, -0.1) is 0 Å². The summed E-state index contributed by atoms with van der Waals surface area (Å²) in [5, 5.41) is 0. The van der Waals surface area contributed by atoms with Gasteiger partial charge in [-0.05, 0) is 12.8 Å². The van der Waals surface area contributed by atoms with E-state index in [0.717, 1.165) is 6.42 Å². The van der Waals surface area contributed by atoms with Crippen LogP contribution in [0.5, 0.6) is 0 Å². The quantitative estimate of drug-likeness (QED) is 0.525. The Morgan fingerprint density at radius 3 is 2.00 bits per heavy atom. The molecule has 0 saturated carbocycles. The van der Waals surface area contributed by atoms with Gasteiger partial charge in [0, 0.05) is 41.0 Å². The van der Waals surface area contributed by atoms with Crippen molar-refractivity contribution >= 4 is 5.91 Å². The number of nitrogens with two attached hydrogens (primary N) is 1. The van der Waals surface area contributed by atoms with Crippen LogP contribution >= 0.6 is 0 Å². The predicted molar refractivity (Wildman–Crippen MR) is 69.4 cm³/mol. The van der Waals surface area contributed by atoms with E-state index >= 15 is 0 Å². The maximum atomic E-state index is 12.1. The first kappa shape index (κ1) is 17.3. The summed E-state index contributed by atoms with van der Waals surface area (Å²) in [5.74, 6) is -0.0554. The van der Waals surface area contributed by atoms with Gasteiger partial charge in [0.05, 0.1) is 19.3 Å². The second-order valence-corrected chi connectivity index (χ2v) is 4.05. The third-order valence-corrected chi connectivity index (χ3v) is 2.62. The maximum Gasteiger partial charge on any atom is 0.239 e. The van der Waals surface area contributed by atoms with Crippen LogP contribution in [0, 0.1) is 0 Å². The van der Waals surface area contributed by atoms with E-state index in [0.29, 0.717) is 39.3 Å². The van der Waals surface area contributed by atoms with Gasteiger partial charge in [-0.2, -0.15) is 0 Å². The SMILES string of the molecule is COCCCC(N)C(=O)N(CCOC)CCOC. The zero-order chi connectivity index (χ0) is 13.8. The fraction of sp³-hybridized carbons (Fsp3) is 0.917. The van der Waals surface area contributed by atoms with Crippen LogP contribution < -0.4 is 5.73 Å². The van der Waals surface area contributed by atoms with Crippen molar-refractivity contribution in [3.63, 3.8) is 0 Å². The van der Waals surface area contributed by atoms with Crippen LogP contribution in [0.1, 0.15) is 12.8 Å². The Hall–Kier alpha value is -0.690. The molecule has 0 heterocycles. The van der Waals surface area contributed by atoms with Crippen molar-refractivity contribution in [2.45, 2.75) is 18.9 Å². The highest BCUT2D eigenvalue weighted by molar-refractivity contribution is 5.81. The Kier molecular flexibility index (Phi) is 11.0. The van der Waals surface area contributed by atoms with Crippen molar-refractivity contribution in [1.29, 1.82) is 0 Å². The van der Waals surface area contributed by atoms with Crippen molar-refractivity contribution in [2.24, 2.45) is 5.73 Å². The summed E-state index contributed by atoms with van der Waals surface area (Å²) in [4.78, 5) is 13.8. The molecule has 2 N–H and O–H groups in total. The number of carbonyl (C=O) groups is 1. The monoisotopic (exact) mass is 262 g/mol. The number of nitrogens with zero attached hydrogens (tertiary/aromatic N) is 1. The summed E-state index contributed by atoms with van der Waals surface area (Å²) in [6, 6.07) is -0.478. The topological polar surface area (TPSA) is 74.0 Å². The molecule has 1 unspecified atom stereocenters. The van der Waals surface area contributed by atoms with Gasteiger partial charge < -0.3 is 24.8 Å². The third-order valence-electron chi connectivity index (χ3n) is 2.62. The summed E-state index contributed by atoms with van der Waals surface area (Å²) >= 11 is 0. The van der Waals surface area contributed by atoms with Crippen LogP contribution in [0.25, 0.3) is 0 Å². The lowest BCUT2D eigenvalue weighted by Crippen LogP contribution is -2.46. The van der Waals surface area contributed by atoms with Crippen molar-refractivity contribution < 1.29 is 19.0 Å². The highest BCUT2D eigenvalue weighted by atomic mass is 16.5. The highest BCUT2D eigenvalue weighted by Gasteiger charge is 2.20. The van der Waals surface area contributed by atoms with Crippen LogP contribution in [-0.2, 0) is 19.0 Å². The lowest BCUT2D eigenvalue weighted by molar-refractivity contribution is -0.134. The summed E-state index contributed by atoms with van der Waals surface area (Å²) in [7, 11) is 4.85. The fourth-order valence-electron chi connectivity index (χ4n) is 1.54. The van der Waals surface area contributed by atoms with Gasteiger partial charge >= 0.3 is 0 Å². The molecule has 0 aliphatic heterocycles. The molecule has 6 heteroatoms. The van der Waals surface area contributed by atoms with Crippen molar-refractivity contribution in [1.82, 2.24) is 4.90 Å². The molecule has 1 atom stereocenters. The Morgan fingerprint density at radius 2 is 1.56 bits per heavy atom. The molecule has 0 radical (unpaired) electrons. The zero-order valence-corrected chi connectivity index (χ0v) is 11.7. The van der Waals surface area contributed by atoms with Gasteiger partial charge in [-0.1, -0.05) is 0 Å². The number of amides is 1. The summed E-state index contributed by atoms with van der Waals surface area (Å²) in [6.07, 6.45) is 1.41. The molecule has 0 aromatic rings. The number of ether oxygens (including phenoxy) is 3. The first-order valence-electron chi connectivity index (χ1n) is 6.18. The number of rotatable bonds is 11. The smallest absolute Gasteiger partial charge is 0.239 e. The molecular formula is C12H26N2O4. The van der Waals surface area contributed by atoms with Gasteiger partial charge in [0.15, 0.2) is 0 Å². The molecule has 0 spiro atoms. The Balaban J connectivity index is 4.15.